The van der Waals surface area contributed by atoms with Gasteiger partial charge in [0, 0.05) is 25.3 Å². The lowest BCUT2D eigenvalue weighted by Gasteiger charge is -2.26. The van der Waals surface area contributed by atoms with Crippen molar-refractivity contribution in [1.29, 1.82) is 0 Å². The van der Waals surface area contributed by atoms with E-state index in [0.717, 1.165) is 82.6 Å². The molecule has 1 atom stereocenters. The fraction of sp³-hybridized carbons (Fsp3) is 0.458. The quantitative estimate of drug-likeness (QED) is 0.740. The molecule has 170 valence electrons. The largest absolute Gasteiger partial charge is 0.379 e. The summed E-state index contributed by atoms with van der Waals surface area (Å²) >= 11 is 0. The van der Waals surface area contributed by atoms with Crippen LogP contribution in [-0.4, -0.2) is 41.4 Å². The van der Waals surface area contributed by atoms with Crippen LogP contribution in [0.15, 0.2) is 39.6 Å². The molecule has 7 nitrogen and oxygen atoms in total. The van der Waals surface area contributed by atoms with Gasteiger partial charge in [0.05, 0.1) is 18.1 Å². The molecule has 1 saturated heterocycles. The number of nitrogens with two attached hydrogens (primary N) is 1. The minimum Gasteiger partial charge on any atom is -0.379 e. The number of fused-ring (bicyclic) bond motifs is 2. The van der Waals surface area contributed by atoms with Crippen molar-refractivity contribution in [2.24, 2.45) is 9.50 Å². The zero-order chi connectivity index (χ0) is 22.1. The number of aryl methyl sites for hydroxylation is 2. The van der Waals surface area contributed by atoms with Gasteiger partial charge in [-0.1, -0.05) is 18.2 Å². The van der Waals surface area contributed by atoms with E-state index in [0.29, 0.717) is 4.90 Å². The van der Waals surface area contributed by atoms with Crippen LogP contribution in [0.2, 0.25) is 0 Å². The Labute approximate surface area is 189 Å². The van der Waals surface area contributed by atoms with Gasteiger partial charge >= 0.3 is 6.03 Å². The third-order valence-electron chi connectivity index (χ3n) is 6.67. The van der Waals surface area contributed by atoms with Gasteiger partial charge in [0.25, 0.3) is 0 Å². The highest BCUT2D eigenvalue weighted by molar-refractivity contribution is 7.91. The van der Waals surface area contributed by atoms with Gasteiger partial charge in [-0.3, -0.25) is 4.90 Å². The molecule has 3 N–H and O–H groups in total. The first-order valence-corrected chi connectivity index (χ1v) is 13.0. The van der Waals surface area contributed by atoms with E-state index in [1.807, 2.05) is 12.1 Å². The summed E-state index contributed by atoms with van der Waals surface area (Å²) < 4.78 is 22.5. The van der Waals surface area contributed by atoms with Crippen LogP contribution in [0.5, 0.6) is 0 Å². The van der Waals surface area contributed by atoms with Gasteiger partial charge in [-0.15, -0.1) is 4.36 Å². The number of hydrogen-bond donors (Lipinski definition) is 2. The molecule has 2 amide bonds. The van der Waals surface area contributed by atoms with E-state index in [-0.39, 0.29) is 0 Å². The minimum atomic E-state index is -3.35. The number of urea groups is 1. The second-order valence-electron chi connectivity index (χ2n) is 8.86. The number of rotatable bonds is 4. The number of nitrogens with one attached hydrogen (secondary N) is 1. The number of ether oxygens (including phenoxy) is 1. The second kappa shape index (κ2) is 8.94. The number of nitrogens with zero attached hydrogens (tertiary/aromatic N) is 2. The van der Waals surface area contributed by atoms with E-state index in [1.54, 1.807) is 12.1 Å². The lowest BCUT2D eigenvalue weighted by atomic mass is 9.99. The highest BCUT2D eigenvalue weighted by Crippen LogP contribution is 2.38. The van der Waals surface area contributed by atoms with Crippen LogP contribution < -0.4 is 10.5 Å². The zero-order valence-electron chi connectivity index (χ0n) is 18.3. The Kier molecular flexibility index (Phi) is 6.03. The van der Waals surface area contributed by atoms with Crippen molar-refractivity contribution in [3.05, 3.63) is 58.1 Å². The molecule has 0 saturated carbocycles. The molecule has 0 spiro atoms. The Morgan fingerprint density at radius 1 is 1.06 bits per heavy atom. The van der Waals surface area contributed by atoms with Gasteiger partial charge in [0.15, 0.2) is 0 Å². The Balaban J connectivity index is 1.38. The fourth-order valence-corrected chi connectivity index (χ4v) is 6.11. The molecule has 0 bridgehead atoms. The lowest BCUT2D eigenvalue weighted by molar-refractivity contribution is 0.0341. The van der Waals surface area contributed by atoms with Crippen LogP contribution in [0.3, 0.4) is 0 Å². The Hall–Kier alpha value is -2.26. The predicted octanol–water partition coefficient (Wildman–Crippen LogP) is 3.43. The molecule has 2 aromatic carbocycles. The molecule has 1 fully saturated rings. The number of carbonyl (C=O) groups excluding carboxylic acids is 1. The van der Waals surface area contributed by atoms with E-state index < -0.39 is 15.9 Å². The van der Waals surface area contributed by atoms with Crippen LogP contribution in [0.1, 0.15) is 40.7 Å². The van der Waals surface area contributed by atoms with Gasteiger partial charge in [-0.05, 0) is 78.5 Å². The normalized spacial score (nSPS) is 19.8. The number of benzene rings is 2. The maximum atomic E-state index is 13.2. The summed E-state index contributed by atoms with van der Waals surface area (Å²) in [6.07, 6.45) is 6.21. The first-order chi connectivity index (χ1) is 15.5. The van der Waals surface area contributed by atoms with Crippen molar-refractivity contribution in [2.45, 2.75) is 50.0 Å². The molecule has 8 heteroatoms. The van der Waals surface area contributed by atoms with Crippen molar-refractivity contribution in [3.63, 3.8) is 0 Å². The van der Waals surface area contributed by atoms with Gasteiger partial charge in [-0.25, -0.2) is 14.1 Å². The number of carbonyl (C=O) groups is 1. The van der Waals surface area contributed by atoms with Gasteiger partial charge in [0.1, 0.15) is 9.92 Å². The zero-order valence-corrected chi connectivity index (χ0v) is 19.1. The molecular formula is C24H30N4O3S. The van der Waals surface area contributed by atoms with Gasteiger partial charge < -0.3 is 10.1 Å². The Bertz CT molecular complexity index is 1130. The summed E-state index contributed by atoms with van der Waals surface area (Å²) in [5, 5.41) is 9.05. The standard InChI is InChI=1S/C24H30N4O3S/c25-32(30,20-7-1-4-17(14-20)16-28-10-12-31-13-11-28)27-24(29)26-23-21-8-2-5-18(21)15-19-6-3-9-22(19)23/h1,4,7,14-15H,2-3,5-6,8-13,16H2,(H3,25,26,27,29,30)/t32-/m0/s1. The molecule has 0 unspecified atom stereocenters. The van der Waals surface area contributed by atoms with Crippen molar-refractivity contribution < 1.29 is 13.7 Å². The second-order valence-corrected chi connectivity index (χ2v) is 10.7. The van der Waals surface area contributed by atoms with Crippen LogP contribution in [0, 0.1) is 0 Å². The van der Waals surface area contributed by atoms with Crippen LogP contribution in [0.4, 0.5) is 10.5 Å². The van der Waals surface area contributed by atoms with Crippen molar-refractivity contribution in [3.8, 4) is 0 Å². The van der Waals surface area contributed by atoms with Gasteiger partial charge in [0.2, 0.25) is 0 Å². The molecular weight excluding hydrogens is 424 g/mol. The molecule has 2 aliphatic carbocycles. The average Bonchev–Trinajstić information content (AvgIpc) is 3.43. The predicted molar refractivity (Wildman–Crippen MR) is 125 cm³/mol. The molecule has 5 rings (SSSR count). The molecule has 1 aliphatic heterocycles. The third-order valence-corrected chi connectivity index (χ3v) is 8.04. The molecule has 3 aliphatic rings. The van der Waals surface area contributed by atoms with E-state index in [2.05, 4.69) is 20.6 Å². The number of anilines is 1. The summed E-state index contributed by atoms with van der Waals surface area (Å²) in [4.78, 5) is 15.5. The molecule has 0 aromatic heterocycles. The minimum absolute atomic E-state index is 0.377. The number of morpholine rings is 1. The first-order valence-electron chi connectivity index (χ1n) is 11.4. The fourth-order valence-electron chi connectivity index (χ4n) is 5.12. The van der Waals surface area contributed by atoms with Crippen LogP contribution in [-0.2, 0) is 46.9 Å². The number of amides is 2. The molecule has 1 heterocycles. The SMILES string of the molecule is N[S@](=O)(=NC(=O)Nc1c2c(cc3c1CCC3)CCC2)c1cccc(CN2CCOCC2)c1. The van der Waals surface area contributed by atoms with Crippen molar-refractivity contribution >= 4 is 21.6 Å². The van der Waals surface area contributed by atoms with E-state index in [4.69, 9.17) is 9.88 Å². The van der Waals surface area contributed by atoms with Crippen LogP contribution >= 0.6 is 0 Å². The maximum absolute atomic E-state index is 13.2. The van der Waals surface area contributed by atoms with Crippen LogP contribution in [0.25, 0.3) is 0 Å². The summed E-state index contributed by atoms with van der Waals surface area (Å²) in [5.74, 6) is 0. The van der Waals surface area contributed by atoms with Crippen molar-refractivity contribution in [2.75, 3.05) is 31.6 Å². The lowest BCUT2D eigenvalue weighted by Crippen LogP contribution is -2.35. The average molecular weight is 455 g/mol. The smallest absolute Gasteiger partial charge is 0.354 e. The molecule has 32 heavy (non-hydrogen) atoms. The van der Waals surface area contributed by atoms with E-state index in [1.165, 1.54) is 22.3 Å². The van der Waals surface area contributed by atoms with Crippen molar-refractivity contribution in [1.82, 2.24) is 4.90 Å². The van der Waals surface area contributed by atoms with E-state index in [9.17, 15) is 9.00 Å². The summed E-state index contributed by atoms with van der Waals surface area (Å²) in [7, 11) is -3.35. The maximum Gasteiger partial charge on any atom is 0.354 e. The highest BCUT2D eigenvalue weighted by Gasteiger charge is 2.25. The number of hydrogen-bond acceptors (Lipinski definition) is 4. The monoisotopic (exact) mass is 454 g/mol. The third kappa shape index (κ3) is 4.45. The van der Waals surface area contributed by atoms with E-state index >= 15 is 0 Å². The molecule has 0 radical (unpaired) electrons. The topological polar surface area (TPSA) is 97.0 Å². The summed E-state index contributed by atoms with van der Waals surface area (Å²) in [5.41, 5.74) is 6.96. The Morgan fingerprint density at radius 3 is 2.44 bits per heavy atom. The highest BCUT2D eigenvalue weighted by atomic mass is 32.2. The summed E-state index contributed by atoms with van der Waals surface area (Å²) in [6, 6.07) is 8.95. The molecule has 2 aromatic rings. The Morgan fingerprint density at radius 2 is 1.75 bits per heavy atom. The summed E-state index contributed by atoms with van der Waals surface area (Å²) in [6.45, 7) is 3.88. The first kappa shape index (κ1) is 21.6. The van der Waals surface area contributed by atoms with Gasteiger partial charge in [-0.2, -0.15) is 0 Å².